The number of nitrogens with one attached hydrogen (secondary N) is 2. The fourth-order valence-electron chi connectivity index (χ4n) is 3.75. The first-order chi connectivity index (χ1) is 14.4. The van der Waals surface area contributed by atoms with Crippen LogP contribution in [0.25, 0.3) is 0 Å². The Labute approximate surface area is 179 Å². The van der Waals surface area contributed by atoms with E-state index in [-0.39, 0.29) is 23.5 Å². The zero-order valence-corrected chi connectivity index (χ0v) is 18.5. The number of nitrogens with zero attached hydrogens (tertiary/aromatic N) is 1. The first-order valence-electron chi connectivity index (χ1n) is 10.6. The predicted molar refractivity (Wildman–Crippen MR) is 119 cm³/mol. The highest BCUT2D eigenvalue weighted by atomic mass is 32.2. The van der Waals surface area contributed by atoms with Crippen molar-refractivity contribution in [2.24, 2.45) is 0 Å². The summed E-state index contributed by atoms with van der Waals surface area (Å²) in [6, 6.07) is 14.6. The molecule has 1 saturated heterocycles. The molecule has 30 heavy (non-hydrogen) atoms. The maximum atomic E-state index is 13.1. The molecule has 1 fully saturated rings. The van der Waals surface area contributed by atoms with E-state index < -0.39 is 10.0 Å². The molecule has 0 unspecified atom stereocenters. The molecule has 7 heteroatoms. The van der Waals surface area contributed by atoms with E-state index in [0.29, 0.717) is 18.7 Å². The molecule has 6 nitrogen and oxygen atoms in total. The Morgan fingerprint density at radius 1 is 1.03 bits per heavy atom. The van der Waals surface area contributed by atoms with Crippen molar-refractivity contribution in [1.29, 1.82) is 0 Å². The van der Waals surface area contributed by atoms with Gasteiger partial charge in [0.15, 0.2) is 0 Å². The molecule has 2 N–H and O–H groups in total. The van der Waals surface area contributed by atoms with E-state index in [9.17, 15) is 13.2 Å². The van der Waals surface area contributed by atoms with Crippen LogP contribution in [-0.2, 0) is 16.6 Å². The molecule has 0 saturated carbocycles. The average molecular weight is 430 g/mol. The van der Waals surface area contributed by atoms with Crippen molar-refractivity contribution < 1.29 is 13.2 Å². The standard InChI is InChI=1S/C23H31N3O3S/c1-3-21(19-13-11-18(2)12-14-19)25-23(27)24-17-20-9-5-6-10-22(20)30(28,29)26-15-7-4-8-16-26/h5-6,9-14,21H,3-4,7-8,15-17H2,1-2H3,(H2,24,25,27)/t21-/m0/s1. The van der Waals surface area contributed by atoms with Crippen LogP contribution in [0.2, 0.25) is 0 Å². The molecule has 1 heterocycles. The zero-order chi connectivity index (χ0) is 21.6. The Morgan fingerprint density at radius 3 is 2.37 bits per heavy atom. The van der Waals surface area contributed by atoms with Crippen LogP contribution in [0.4, 0.5) is 4.79 Å². The number of hydrogen-bond acceptors (Lipinski definition) is 3. The lowest BCUT2D eigenvalue weighted by atomic mass is 10.0. The van der Waals surface area contributed by atoms with Gasteiger partial charge in [-0.25, -0.2) is 13.2 Å². The van der Waals surface area contributed by atoms with Gasteiger partial charge in [-0.2, -0.15) is 4.31 Å². The number of aryl methyl sites for hydroxylation is 1. The highest BCUT2D eigenvalue weighted by Gasteiger charge is 2.28. The van der Waals surface area contributed by atoms with E-state index >= 15 is 0 Å². The Kier molecular flexibility index (Phi) is 7.50. The molecule has 0 bridgehead atoms. The molecule has 3 rings (SSSR count). The maximum Gasteiger partial charge on any atom is 0.315 e. The lowest BCUT2D eigenvalue weighted by molar-refractivity contribution is 0.236. The summed E-state index contributed by atoms with van der Waals surface area (Å²) in [5, 5.41) is 5.81. The van der Waals surface area contributed by atoms with Crippen molar-refractivity contribution in [3.63, 3.8) is 0 Å². The monoisotopic (exact) mass is 429 g/mol. The van der Waals surface area contributed by atoms with Gasteiger partial charge in [-0.15, -0.1) is 0 Å². The minimum atomic E-state index is -3.55. The Balaban J connectivity index is 1.67. The van der Waals surface area contributed by atoms with Crippen LogP contribution in [0.1, 0.15) is 55.3 Å². The second-order valence-electron chi connectivity index (χ2n) is 7.77. The molecule has 0 aliphatic carbocycles. The smallest absolute Gasteiger partial charge is 0.315 e. The average Bonchev–Trinajstić information content (AvgIpc) is 2.77. The normalized spacial score (nSPS) is 16.1. The maximum absolute atomic E-state index is 13.1. The Bertz CT molecular complexity index is 952. The first-order valence-corrected chi connectivity index (χ1v) is 12.0. The summed E-state index contributed by atoms with van der Waals surface area (Å²) in [4.78, 5) is 12.8. The Hall–Kier alpha value is -2.38. The molecule has 2 aromatic carbocycles. The second-order valence-corrected chi connectivity index (χ2v) is 9.68. The van der Waals surface area contributed by atoms with Crippen molar-refractivity contribution in [3.05, 3.63) is 65.2 Å². The lowest BCUT2D eigenvalue weighted by Gasteiger charge is -2.27. The summed E-state index contributed by atoms with van der Waals surface area (Å²) in [5.74, 6) is 0. The number of urea groups is 1. The van der Waals surface area contributed by atoms with Crippen LogP contribution < -0.4 is 10.6 Å². The zero-order valence-electron chi connectivity index (χ0n) is 17.7. The molecule has 2 amide bonds. The largest absolute Gasteiger partial charge is 0.334 e. The summed E-state index contributed by atoms with van der Waals surface area (Å²) < 4.78 is 27.7. The second kappa shape index (κ2) is 10.1. The third kappa shape index (κ3) is 5.40. The van der Waals surface area contributed by atoms with Crippen LogP contribution in [0.15, 0.2) is 53.4 Å². The SMILES string of the molecule is CC[C@H](NC(=O)NCc1ccccc1S(=O)(=O)N1CCCCC1)c1ccc(C)cc1. The number of carbonyl (C=O) groups excluding carboxylic acids is 1. The predicted octanol–water partition coefficient (Wildman–Crippen LogP) is 4.12. The van der Waals surface area contributed by atoms with Gasteiger partial charge < -0.3 is 10.6 Å². The Morgan fingerprint density at radius 2 is 1.70 bits per heavy atom. The third-order valence-corrected chi connectivity index (χ3v) is 7.54. The molecule has 1 aliphatic rings. The van der Waals surface area contributed by atoms with E-state index in [1.54, 1.807) is 28.6 Å². The molecular formula is C23H31N3O3S. The van der Waals surface area contributed by atoms with E-state index in [0.717, 1.165) is 31.2 Å². The third-order valence-electron chi connectivity index (χ3n) is 5.54. The number of benzene rings is 2. The molecule has 0 spiro atoms. The van der Waals surface area contributed by atoms with E-state index in [1.165, 1.54) is 5.56 Å². The van der Waals surface area contributed by atoms with Gasteiger partial charge in [0.05, 0.1) is 10.9 Å². The van der Waals surface area contributed by atoms with Crippen molar-refractivity contribution >= 4 is 16.1 Å². The fourth-order valence-corrected chi connectivity index (χ4v) is 5.49. The summed E-state index contributed by atoms with van der Waals surface area (Å²) in [6.45, 7) is 5.31. The summed E-state index contributed by atoms with van der Waals surface area (Å²) in [6.07, 6.45) is 3.60. The molecule has 0 radical (unpaired) electrons. The van der Waals surface area contributed by atoms with Gasteiger partial charge >= 0.3 is 6.03 Å². The number of amides is 2. The van der Waals surface area contributed by atoms with Gasteiger partial charge in [0.2, 0.25) is 10.0 Å². The minimum Gasteiger partial charge on any atom is -0.334 e. The van der Waals surface area contributed by atoms with Gasteiger partial charge in [-0.3, -0.25) is 0 Å². The summed E-state index contributed by atoms with van der Waals surface area (Å²) in [7, 11) is -3.55. The quantitative estimate of drug-likeness (QED) is 0.695. The molecule has 0 aromatic heterocycles. The number of hydrogen-bond donors (Lipinski definition) is 2. The fraction of sp³-hybridized carbons (Fsp3) is 0.435. The van der Waals surface area contributed by atoms with Crippen molar-refractivity contribution in [3.8, 4) is 0 Å². The van der Waals surface area contributed by atoms with Crippen LogP contribution >= 0.6 is 0 Å². The van der Waals surface area contributed by atoms with Gasteiger partial charge in [-0.1, -0.05) is 61.4 Å². The molecule has 1 aliphatic heterocycles. The van der Waals surface area contributed by atoms with Crippen molar-refractivity contribution in [1.82, 2.24) is 14.9 Å². The minimum absolute atomic E-state index is 0.0991. The van der Waals surface area contributed by atoms with Crippen LogP contribution in [0.5, 0.6) is 0 Å². The van der Waals surface area contributed by atoms with Crippen LogP contribution in [0, 0.1) is 6.92 Å². The van der Waals surface area contributed by atoms with Gasteiger partial charge in [-0.05, 0) is 43.4 Å². The van der Waals surface area contributed by atoms with Crippen molar-refractivity contribution in [2.45, 2.75) is 57.0 Å². The summed E-state index contributed by atoms with van der Waals surface area (Å²) >= 11 is 0. The number of piperidine rings is 1. The van der Waals surface area contributed by atoms with Crippen LogP contribution in [-0.4, -0.2) is 31.8 Å². The van der Waals surface area contributed by atoms with Crippen LogP contribution in [0.3, 0.4) is 0 Å². The highest BCUT2D eigenvalue weighted by molar-refractivity contribution is 7.89. The molecule has 2 aromatic rings. The van der Waals surface area contributed by atoms with Gasteiger partial charge in [0, 0.05) is 19.6 Å². The van der Waals surface area contributed by atoms with E-state index in [2.05, 4.69) is 10.6 Å². The van der Waals surface area contributed by atoms with Gasteiger partial charge in [0.25, 0.3) is 0 Å². The lowest BCUT2D eigenvalue weighted by Crippen LogP contribution is -2.38. The topological polar surface area (TPSA) is 78.5 Å². The van der Waals surface area contributed by atoms with Gasteiger partial charge in [0.1, 0.15) is 0 Å². The summed E-state index contributed by atoms with van der Waals surface area (Å²) in [5.41, 5.74) is 2.82. The van der Waals surface area contributed by atoms with Crippen molar-refractivity contribution in [2.75, 3.05) is 13.1 Å². The molecule has 162 valence electrons. The number of sulfonamides is 1. The first kappa shape index (κ1) is 22.3. The highest BCUT2D eigenvalue weighted by Crippen LogP contribution is 2.23. The number of carbonyl (C=O) groups is 1. The molecular weight excluding hydrogens is 398 g/mol. The molecule has 1 atom stereocenters. The van der Waals surface area contributed by atoms with E-state index in [4.69, 9.17) is 0 Å². The number of rotatable bonds is 7. The van der Waals surface area contributed by atoms with E-state index in [1.807, 2.05) is 38.1 Å².